The summed E-state index contributed by atoms with van der Waals surface area (Å²) >= 11 is 0. The first-order chi connectivity index (χ1) is 15.0. The van der Waals surface area contributed by atoms with E-state index in [0.717, 1.165) is 30.2 Å². The van der Waals surface area contributed by atoms with Crippen LogP contribution in [-0.4, -0.2) is 59.1 Å². The van der Waals surface area contributed by atoms with Crippen LogP contribution in [0.2, 0.25) is 0 Å². The second-order valence-electron chi connectivity index (χ2n) is 7.99. The van der Waals surface area contributed by atoms with Gasteiger partial charge in [-0.3, -0.25) is 9.89 Å². The van der Waals surface area contributed by atoms with Gasteiger partial charge in [0.25, 0.3) is 5.91 Å². The van der Waals surface area contributed by atoms with Crippen LogP contribution in [0.25, 0.3) is 11.0 Å². The maximum absolute atomic E-state index is 13.1. The molecule has 9 nitrogen and oxygen atoms in total. The first kappa shape index (κ1) is 20.1. The molecule has 1 aromatic carbocycles. The highest BCUT2D eigenvalue weighted by Gasteiger charge is 2.37. The second kappa shape index (κ2) is 8.03. The van der Waals surface area contributed by atoms with E-state index in [0.29, 0.717) is 24.3 Å². The molecule has 162 valence electrons. The summed E-state index contributed by atoms with van der Waals surface area (Å²) in [6.45, 7) is 1.10. The Balaban J connectivity index is 1.23. The van der Waals surface area contributed by atoms with Crippen LogP contribution in [0, 0.1) is 0 Å². The third-order valence-corrected chi connectivity index (χ3v) is 7.67. The van der Waals surface area contributed by atoms with E-state index < -0.39 is 10.0 Å². The number of aromatic amines is 1. The van der Waals surface area contributed by atoms with Crippen LogP contribution >= 0.6 is 0 Å². The Morgan fingerprint density at radius 2 is 1.90 bits per heavy atom. The van der Waals surface area contributed by atoms with E-state index in [2.05, 4.69) is 20.5 Å². The fourth-order valence-electron chi connectivity index (χ4n) is 4.15. The van der Waals surface area contributed by atoms with Crippen molar-refractivity contribution in [2.75, 3.05) is 13.1 Å². The number of carbonyl (C=O) groups is 1. The van der Waals surface area contributed by atoms with Crippen molar-refractivity contribution >= 4 is 27.0 Å². The lowest BCUT2D eigenvalue weighted by Gasteiger charge is -2.40. The Morgan fingerprint density at radius 1 is 1.16 bits per heavy atom. The zero-order chi connectivity index (χ0) is 21.4. The SMILES string of the molecule is O=C(NCc1ccc(S(=O)(=O)N2CC3CCCC(C2)O3)cc1)c1cnc2[nH]ncc2c1. The molecular weight excluding hydrogens is 418 g/mol. The van der Waals surface area contributed by atoms with E-state index in [1.54, 1.807) is 40.8 Å². The van der Waals surface area contributed by atoms with Crippen molar-refractivity contribution < 1.29 is 17.9 Å². The highest BCUT2D eigenvalue weighted by atomic mass is 32.2. The molecule has 5 rings (SSSR count). The lowest BCUT2D eigenvalue weighted by atomic mass is 10.0. The minimum Gasteiger partial charge on any atom is -0.372 e. The van der Waals surface area contributed by atoms with Gasteiger partial charge in [0.1, 0.15) is 0 Å². The smallest absolute Gasteiger partial charge is 0.253 e. The van der Waals surface area contributed by atoms with E-state index in [-0.39, 0.29) is 29.6 Å². The van der Waals surface area contributed by atoms with Gasteiger partial charge >= 0.3 is 0 Å². The van der Waals surface area contributed by atoms with E-state index in [1.165, 1.54) is 6.20 Å². The Morgan fingerprint density at radius 3 is 2.65 bits per heavy atom. The van der Waals surface area contributed by atoms with Gasteiger partial charge in [-0.2, -0.15) is 9.40 Å². The predicted molar refractivity (Wildman–Crippen MR) is 113 cm³/mol. The average Bonchev–Trinajstić information content (AvgIpc) is 3.25. The summed E-state index contributed by atoms with van der Waals surface area (Å²) in [4.78, 5) is 16.8. The van der Waals surface area contributed by atoms with Crippen LogP contribution in [0.15, 0.2) is 47.6 Å². The molecule has 2 bridgehead atoms. The maximum Gasteiger partial charge on any atom is 0.253 e. The first-order valence-electron chi connectivity index (χ1n) is 10.3. The van der Waals surface area contributed by atoms with Crippen molar-refractivity contribution in [3.63, 3.8) is 0 Å². The molecule has 10 heteroatoms. The number of amides is 1. The van der Waals surface area contributed by atoms with Crippen molar-refractivity contribution in [3.05, 3.63) is 53.9 Å². The number of fused-ring (bicyclic) bond motifs is 3. The monoisotopic (exact) mass is 441 g/mol. The van der Waals surface area contributed by atoms with Gasteiger partial charge in [0, 0.05) is 31.2 Å². The number of hydrogen-bond acceptors (Lipinski definition) is 6. The van der Waals surface area contributed by atoms with Gasteiger partial charge in [0.2, 0.25) is 10.0 Å². The number of nitrogens with zero attached hydrogens (tertiary/aromatic N) is 3. The van der Waals surface area contributed by atoms with Gasteiger partial charge < -0.3 is 10.1 Å². The molecule has 2 aromatic heterocycles. The van der Waals surface area contributed by atoms with E-state index >= 15 is 0 Å². The minimum absolute atomic E-state index is 0.00693. The summed E-state index contributed by atoms with van der Waals surface area (Å²) in [7, 11) is -3.56. The van der Waals surface area contributed by atoms with Crippen molar-refractivity contribution in [2.24, 2.45) is 0 Å². The topological polar surface area (TPSA) is 117 Å². The molecule has 2 N–H and O–H groups in total. The number of pyridine rings is 1. The quantitative estimate of drug-likeness (QED) is 0.624. The number of aromatic nitrogens is 3. The highest BCUT2D eigenvalue weighted by Crippen LogP contribution is 2.29. The van der Waals surface area contributed by atoms with Gasteiger partial charge in [0.05, 0.1) is 28.9 Å². The van der Waals surface area contributed by atoms with Crippen molar-refractivity contribution in [1.29, 1.82) is 0 Å². The number of carbonyl (C=O) groups excluding carboxylic acids is 1. The van der Waals surface area contributed by atoms with Crippen molar-refractivity contribution in [3.8, 4) is 0 Å². The standard InChI is InChI=1S/C21H23N5O4S/c27-21(16-8-15-11-24-25-20(15)22-10-16)23-9-14-4-6-19(7-5-14)31(28,29)26-12-17-2-1-3-18(13-26)30-17/h4-8,10-11,17-18H,1-3,9,12-13H2,(H,23,27)(H,22,24,25). The molecule has 31 heavy (non-hydrogen) atoms. The fourth-order valence-corrected chi connectivity index (χ4v) is 5.65. The summed E-state index contributed by atoms with van der Waals surface area (Å²) in [5, 5.41) is 10.2. The summed E-state index contributed by atoms with van der Waals surface area (Å²) in [5.74, 6) is -0.257. The van der Waals surface area contributed by atoms with E-state index in [4.69, 9.17) is 4.74 Å². The number of ether oxygens (including phenoxy) is 1. The largest absolute Gasteiger partial charge is 0.372 e. The molecule has 2 aliphatic heterocycles. The lowest BCUT2D eigenvalue weighted by molar-refractivity contribution is -0.0936. The number of rotatable bonds is 5. The van der Waals surface area contributed by atoms with Gasteiger partial charge in [-0.1, -0.05) is 12.1 Å². The Kier molecular flexibility index (Phi) is 5.20. The van der Waals surface area contributed by atoms with E-state index in [9.17, 15) is 13.2 Å². The molecule has 2 atom stereocenters. The Bertz CT molecular complexity index is 1200. The minimum atomic E-state index is -3.56. The number of hydrogen-bond donors (Lipinski definition) is 2. The molecule has 0 saturated carbocycles. The summed E-state index contributed by atoms with van der Waals surface area (Å²) in [6, 6.07) is 8.37. The van der Waals surface area contributed by atoms with Gasteiger partial charge in [-0.05, 0) is 43.0 Å². The van der Waals surface area contributed by atoms with Crippen LogP contribution in [-0.2, 0) is 21.3 Å². The first-order valence-corrected chi connectivity index (χ1v) is 11.7. The number of morpholine rings is 1. The van der Waals surface area contributed by atoms with Crippen molar-refractivity contribution in [1.82, 2.24) is 24.8 Å². The molecule has 2 unspecified atom stereocenters. The Hall–Kier alpha value is -2.82. The number of nitrogens with one attached hydrogen (secondary N) is 2. The zero-order valence-electron chi connectivity index (χ0n) is 16.8. The lowest BCUT2D eigenvalue weighted by Crippen LogP contribution is -2.51. The predicted octanol–water partition coefficient (Wildman–Crippen LogP) is 1.83. The molecule has 3 aromatic rings. The fraction of sp³-hybridized carbons (Fsp3) is 0.381. The second-order valence-corrected chi connectivity index (χ2v) is 9.93. The molecule has 2 saturated heterocycles. The molecule has 2 aliphatic rings. The molecule has 1 amide bonds. The van der Waals surface area contributed by atoms with Crippen LogP contribution in [0.1, 0.15) is 35.2 Å². The maximum atomic E-state index is 13.1. The van der Waals surface area contributed by atoms with Gasteiger partial charge in [-0.15, -0.1) is 0 Å². The molecule has 0 spiro atoms. The van der Waals surface area contributed by atoms with E-state index in [1.807, 2.05) is 0 Å². The molecular formula is C21H23N5O4S. The average molecular weight is 442 g/mol. The van der Waals surface area contributed by atoms with Gasteiger partial charge in [-0.25, -0.2) is 13.4 Å². The molecule has 4 heterocycles. The highest BCUT2D eigenvalue weighted by molar-refractivity contribution is 7.89. The third-order valence-electron chi connectivity index (χ3n) is 5.82. The number of sulfonamides is 1. The third kappa shape index (κ3) is 4.06. The molecule has 0 radical (unpaired) electrons. The summed E-state index contributed by atoms with van der Waals surface area (Å²) < 4.78 is 33.5. The summed E-state index contributed by atoms with van der Waals surface area (Å²) in [5.41, 5.74) is 1.87. The summed E-state index contributed by atoms with van der Waals surface area (Å²) in [6.07, 6.45) is 5.99. The Labute approximate surface area is 179 Å². The molecule has 0 aliphatic carbocycles. The zero-order valence-corrected chi connectivity index (χ0v) is 17.6. The van der Waals surface area contributed by atoms with Crippen molar-refractivity contribution in [2.45, 2.75) is 42.9 Å². The number of H-pyrrole nitrogens is 1. The van der Waals surface area contributed by atoms with Gasteiger partial charge in [0.15, 0.2) is 5.65 Å². The van der Waals surface area contributed by atoms with Crippen LogP contribution in [0.5, 0.6) is 0 Å². The number of benzene rings is 1. The normalized spacial score (nSPS) is 21.8. The van der Waals surface area contributed by atoms with Crippen LogP contribution in [0.4, 0.5) is 0 Å². The molecule has 2 fully saturated rings. The van der Waals surface area contributed by atoms with Crippen LogP contribution < -0.4 is 5.32 Å². The van der Waals surface area contributed by atoms with Crippen LogP contribution in [0.3, 0.4) is 0 Å².